The first-order valence-corrected chi connectivity index (χ1v) is 5.90. The van der Waals surface area contributed by atoms with Gasteiger partial charge in [-0.3, -0.25) is 14.4 Å². The van der Waals surface area contributed by atoms with Gasteiger partial charge in [0, 0.05) is 0 Å². The molecule has 96 valence electrons. The number of hydrogen-bond donors (Lipinski definition) is 0. The zero-order chi connectivity index (χ0) is 12.8. The van der Waals surface area contributed by atoms with Crippen molar-refractivity contribution in [3.8, 4) is 0 Å². The van der Waals surface area contributed by atoms with Crippen LogP contribution in [0.3, 0.4) is 0 Å². The van der Waals surface area contributed by atoms with Crippen molar-refractivity contribution in [1.29, 1.82) is 0 Å². The van der Waals surface area contributed by atoms with E-state index in [1.807, 2.05) is 6.92 Å². The van der Waals surface area contributed by atoms with Crippen molar-refractivity contribution in [3.63, 3.8) is 0 Å². The number of rotatable bonds is 4. The van der Waals surface area contributed by atoms with E-state index in [1.165, 1.54) is 0 Å². The largest absolute Gasteiger partial charge is 0.466 e. The zero-order valence-electron chi connectivity index (χ0n) is 10.2. The van der Waals surface area contributed by atoms with Crippen LogP contribution in [0.25, 0.3) is 0 Å². The topological polar surface area (TPSA) is 69.7 Å². The average Bonchev–Trinajstić information content (AvgIpc) is 2.30. The summed E-state index contributed by atoms with van der Waals surface area (Å²) in [6.07, 6.45) is 1.90. The van der Waals surface area contributed by atoms with Gasteiger partial charge in [-0.1, -0.05) is 6.92 Å². The summed E-state index contributed by atoms with van der Waals surface area (Å²) >= 11 is 0. The van der Waals surface area contributed by atoms with Gasteiger partial charge in [-0.15, -0.1) is 0 Å². The number of ether oxygens (including phenoxy) is 2. The molecule has 0 aromatic heterocycles. The summed E-state index contributed by atoms with van der Waals surface area (Å²) < 4.78 is 9.31. The van der Waals surface area contributed by atoms with E-state index in [-0.39, 0.29) is 30.2 Å². The predicted octanol–water partition coefficient (Wildman–Crippen LogP) is 1.30. The van der Waals surface area contributed by atoms with E-state index in [0.29, 0.717) is 13.0 Å². The Kier molecular flexibility index (Phi) is 5.12. The average molecular weight is 242 g/mol. The standard InChI is InChI=1S/C12H18O5/c1-3-16-11(14)9-5-4-8(2)10(6-9)12(15)17-7-13/h7-10H,3-6H2,1-2H3/t8-,9-,10-/m0/s1. The van der Waals surface area contributed by atoms with Crippen LogP contribution < -0.4 is 0 Å². The Morgan fingerprint density at radius 2 is 2.00 bits per heavy atom. The van der Waals surface area contributed by atoms with Gasteiger partial charge < -0.3 is 9.47 Å². The van der Waals surface area contributed by atoms with Crippen LogP contribution in [0.2, 0.25) is 0 Å². The zero-order valence-corrected chi connectivity index (χ0v) is 10.2. The predicted molar refractivity (Wildman–Crippen MR) is 58.8 cm³/mol. The number of carbonyl (C=O) groups is 3. The summed E-state index contributed by atoms with van der Waals surface area (Å²) in [6.45, 7) is 4.16. The lowest BCUT2D eigenvalue weighted by Crippen LogP contribution is -2.34. The van der Waals surface area contributed by atoms with E-state index < -0.39 is 5.97 Å². The first-order chi connectivity index (χ1) is 8.10. The van der Waals surface area contributed by atoms with Gasteiger partial charge in [-0.05, 0) is 32.1 Å². The molecule has 0 spiro atoms. The fourth-order valence-corrected chi connectivity index (χ4v) is 2.26. The second kappa shape index (κ2) is 6.37. The van der Waals surface area contributed by atoms with Crippen LogP contribution in [0.5, 0.6) is 0 Å². The van der Waals surface area contributed by atoms with Crippen LogP contribution in [-0.2, 0) is 23.9 Å². The minimum absolute atomic E-state index is 0.133. The van der Waals surface area contributed by atoms with Crippen LogP contribution in [0.15, 0.2) is 0 Å². The first-order valence-electron chi connectivity index (χ1n) is 5.90. The molecule has 3 atom stereocenters. The Bertz CT molecular complexity index is 299. The van der Waals surface area contributed by atoms with E-state index in [4.69, 9.17) is 4.74 Å². The number of hydrogen-bond acceptors (Lipinski definition) is 5. The van der Waals surface area contributed by atoms with Crippen molar-refractivity contribution in [1.82, 2.24) is 0 Å². The van der Waals surface area contributed by atoms with Gasteiger partial charge in [-0.2, -0.15) is 0 Å². The lowest BCUT2D eigenvalue weighted by atomic mass is 9.75. The maximum atomic E-state index is 11.6. The Morgan fingerprint density at radius 3 is 2.59 bits per heavy atom. The smallest absolute Gasteiger partial charge is 0.316 e. The molecule has 5 nitrogen and oxygen atoms in total. The molecule has 1 saturated carbocycles. The second-order valence-corrected chi connectivity index (χ2v) is 4.38. The van der Waals surface area contributed by atoms with E-state index >= 15 is 0 Å². The van der Waals surface area contributed by atoms with E-state index in [9.17, 15) is 14.4 Å². The normalized spacial score (nSPS) is 28.2. The summed E-state index contributed by atoms with van der Waals surface area (Å²) in [5.74, 6) is -1.31. The number of esters is 2. The van der Waals surface area contributed by atoms with Gasteiger partial charge in [0.15, 0.2) is 0 Å². The quantitative estimate of drug-likeness (QED) is 0.422. The van der Waals surface area contributed by atoms with Crippen LogP contribution in [0, 0.1) is 17.8 Å². The molecule has 17 heavy (non-hydrogen) atoms. The monoisotopic (exact) mass is 242 g/mol. The Hall–Kier alpha value is -1.39. The molecule has 0 heterocycles. The molecule has 1 rings (SSSR count). The van der Waals surface area contributed by atoms with Crippen molar-refractivity contribution in [2.75, 3.05) is 6.61 Å². The molecule has 1 aliphatic rings. The van der Waals surface area contributed by atoms with Crippen LogP contribution in [0.4, 0.5) is 0 Å². The van der Waals surface area contributed by atoms with Gasteiger partial charge in [0.25, 0.3) is 0 Å². The van der Waals surface area contributed by atoms with Crippen molar-refractivity contribution in [2.45, 2.75) is 33.1 Å². The molecule has 0 amide bonds. The lowest BCUT2D eigenvalue weighted by Gasteiger charge is -2.30. The third-order valence-corrected chi connectivity index (χ3v) is 3.28. The van der Waals surface area contributed by atoms with Crippen molar-refractivity contribution >= 4 is 18.4 Å². The van der Waals surface area contributed by atoms with Crippen LogP contribution in [0.1, 0.15) is 33.1 Å². The molecular formula is C12H18O5. The molecular weight excluding hydrogens is 224 g/mol. The molecule has 0 bridgehead atoms. The Balaban J connectivity index is 2.61. The van der Waals surface area contributed by atoms with Crippen LogP contribution >= 0.6 is 0 Å². The molecule has 0 N–H and O–H groups in total. The van der Waals surface area contributed by atoms with Gasteiger partial charge in [0.1, 0.15) is 0 Å². The Labute approximate surface area is 100 Å². The van der Waals surface area contributed by atoms with Gasteiger partial charge in [0.2, 0.25) is 0 Å². The van der Waals surface area contributed by atoms with Crippen molar-refractivity contribution in [3.05, 3.63) is 0 Å². The first kappa shape index (κ1) is 13.7. The maximum absolute atomic E-state index is 11.6. The molecule has 0 saturated heterocycles. The molecule has 0 aromatic carbocycles. The highest BCUT2D eigenvalue weighted by molar-refractivity contribution is 5.80. The summed E-state index contributed by atoms with van der Waals surface area (Å²) in [5, 5.41) is 0. The molecule has 1 fully saturated rings. The minimum atomic E-state index is -0.540. The van der Waals surface area contributed by atoms with E-state index in [2.05, 4.69) is 4.74 Å². The molecule has 0 aliphatic heterocycles. The Morgan fingerprint density at radius 1 is 1.29 bits per heavy atom. The van der Waals surface area contributed by atoms with Crippen LogP contribution in [-0.4, -0.2) is 25.0 Å². The fourth-order valence-electron chi connectivity index (χ4n) is 2.26. The highest BCUT2D eigenvalue weighted by Crippen LogP contribution is 2.35. The van der Waals surface area contributed by atoms with E-state index in [0.717, 1.165) is 12.8 Å². The van der Waals surface area contributed by atoms with E-state index in [1.54, 1.807) is 6.92 Å². The van der Waals surface area contributed by atoms with Gasteiger partial charge in [-0.25, -0.2) is 0 Å². The maximum Gasteiger partial charge on any atom is 0.316 e. The second-order valence-electron chi connectivity index (χ2n) is 4.38. The molecule has 0 radical (unpaired) electrons. The highest BCUT2D eigenvalue weighted by Gasteiger charge is 2.37. The summed E-state index contributed by atoms with van der Waals surface area (Å²) in [5.41, 5.74) is 0. The minimum Gasteiger partial charge on any atom is -0.466 e. The van der Waals surface area contributed by atoms with Gasteiger partial charge in [0.05, 0.1) is 18.4 Å². The summed E-state index contributed by atoms with van der Waals surface area (Å²) in [7, 11) is 0. The number of carbonyl (C=O) groups excluding carboxylic acids is 3. The van der Waals surface area contributed by atoms with Crippen molar-refractivity contribution < 1.29 is 23.9 Å². The van der Waals surface area contributed by atoms with Gasteiger partial charge >= 0.3 is 18.4 Å². The molecule has 1 aliphatic carbocycles. The summed E-state index contributed by atoms with van der Waals surface area (Å²) in [4.78, 5) is 33.3. The summed E-state index contributed by atoms with van der Waals surface area (Å²) in [6, 6.07) is 0. The third-order valence-electron chi connectivity index (χ3n) is 3.28. The SMILES string of the molecule is CCOC(=O)[C@H]1CC[C@H](C)[C@@H](C(=O)OC=O)C1. The molecule has 0 unspecified atom stereocenters. The highest BCUT2D eigenvalue weighted by atomic mass is 16.6. The molecule has 5 heteroatoms. The molecule has 0 aromatic rings. The van der Waals surface area contributed by atoms with Crippen molar-refractivity contribution in [2.24, 2.45) is 17.8 Å². The third kappa shape index (κ3) is 3.54. The lowest BCUT2D eigenvalue weighted by molar-refractivity contribution is -0.159. The fraction of sp³-hybridized carbons (Fsp3) is 0.750.